The summed E-state index contributed by atoms with van der Waals surface area (Å²) in [6, 6.07) is 0. The summed E-state index contributed by atoms with van der Waals surface area (Å²) in [5.41, 5.74) is -4.17. The molecule has 1 N–H and O–H groups in total. The van der Waals surface area contributed by atoms with Crippen LogP contribution in [0.15, 0.2) is 0 Å². The summed E-state index contributed by atoms with van der Waals surface area (Å²) in [4.78, 5) is 47.7. The lowest BCUT2D eigenvalue weighted by Crippen LogP contribution is -2.50. The Kier molecular flexibility index (Phi) is 18.1. The normalized spacial score (nSPS) is 28.8. The van der Waals surface area contributed by atoms with Crippen LogP contribution < -0.4 is 0 Å². The van der Waals surface area contributed by atoms with Crippen LogP contribution in [0.3, 0.4) is 0 Å². The van der Waals surface area contributed by atoms with E-state index in [1.54, 1.807) is 13.8 Å². The molecular formula is C44H77F3O9. The molecule has 12 heteroatoms. The van der Waals surface area contributed by atoms with Crippen LogP contribution in [0.1, 0.15) is 181 Å². The zero-order valence-corrected chi connectivity index (χ0v) is 34.8. The summed E-state index contributed by atoms with van der Waals surface area (Å²) < 4.78 is 60.6. The Hall–Kier alpha value is -2.37. The molecule has 0 spiro atoms. The van der Waals surface area contributed by atoms with Crippen molar-refractivity contribution in [1.29, 1.82) is 0 Å². The fourth-order valence-electron chi connectivity index (χ4n) is 7.95. The zero-order chi connectivity index (χ0) is 41.1. The van der Waals surface area contributed by atoms with Gasteiger partial charge in [-0.1, -0.05) is 42.5 Å². The van der Waals surface area contributed by atoms with Gasteiger partial charge in [0.15, 0.2) is 5.60 Å². The minimum Gasteiger partial charge on any atom is -0.462 e. The minimum atomic E-state index is -4.63. The second-order valence-corrected chi connectivity index (χ2v) is 18.6. The van der Waals surface area contributed by atoms with Crippen LogP contribution in [0.25, 0.3) is 0 Å². The summed E-state index contributed by atoms with van der Waals surface area (Å²) in [5.74, 6) is -0.716. The van der Waals surface area contributed by atoms with E-state index >= 15 is 0 Å². The van der Waals surface area contributed by atoms with Crippen molar-refractivity contribution in [2.45, 2.75) is 217 Å². The van der Waals surface area contributed by atoms with Crippen LogP contribution in [0.4, 0.5) is 13.2 Å². The highest BCUT2D eigenvalue weighted by Gasteiger charge is 2.63. The van der Waals surface area contributed by atoms with Crippen molar-refractivity contribution in [2.24, 2.45) is 39.9 Å². The molecule has 4 saturated carbocycles. The highest BCUT2D eigenvalue weighted by atomic mass is 19.4. The molecule has 1 saturated heterocycles. The third kappa shape index (κ3) is 11.6. The number of carbonyl (C=O) groups is 4. The van der Waals surface area contributed by atoms with Gasteiger partial charge in [-0.05, 0) is 144 Å². The summed E-state index contributed by atoms with van der Waals surface area (Å²) in [6.45, 7) is 20.1. The SMILES string of the molecule is C.C.CCC(C)(C)C(=O)OC1C2CC3C(=O)OC1C3C2.CCC(C)(C)C(=O)OC1CCC(C(C)(O)C(F)(F)F)CC1.CCC1(OC(=O)C(C)(C)CC)CCCC1. The zero-order valence-electron chi connectivity index (χ0n) is 34.8. The minimum absolute atomic E-state index is 0. The Bertz CT molecular complexity index is 1310. The van der Waals surface area contributed by atoms with Crippen molar-refractivity contribution in [3.8, 4) is 0 Å². The third-order valence-corrected chi connectivity index (χ3v) is 13.8. The predicted octanol–water partition coefficient (Wildman–Crippen LogP) is 10.7. The molecule has 1 heterocycles. The lowest BCUT2D eigenvalue weighted by molar-refractivity contribution is -0.276. The van der Waals surface area contributed by atoms with Crippen molar-refractivity contribution in [2.75, 3.05) is 0 Å². The van der Waals surface area contributed by atoms with Crippen molar-refractivity contribution in [3.05, 3.63) is 0 Å². The van der Waals surface area contributed by atoms with Gasteiger partial charge in [-0.3, -0.25) is 19.2 Å². The van der Waals surface area contributed by atoms with Gasteiger partial charge in [-0.2, -0.15) is 13.2 Å². The molecule has 0 aromatic carbocycles. The van der Waals surface area contributed by atoms with Gasteiger partial charge in [0, 0.05) is 11.8 Å². The van der Waals surface area contributed by atoms with Crippen LogP contribution in [0.2, 0.25) is 0 Å². The average Bonchev–Trinajstić information content (AvgIpc) is 3.88. The van der Waals surface area contributed by atoms with Crippen LogP contribution in [0.5, 0.6) is 0 Å². The highest BCUT2D eigenvalue weighted by molar-refractivity contribution is 5.78. The maximum atomic E-state index is 12.8. The lowest BCUT2D eigenvalue weighted by Gasteiger charge is -2.39. The number of esters is 4. The number of alkyl halides is 3. The number of ether oxygens (including phenoxy) is 4. The van der Waals surface area contributed by atoms with Crippen molar-refractivity contribution in [3.63, 3.8) is 0 Å². The third-order valence-electron chi connectivity index (χ3n) is 13.8. The van der Waals surface area contributed by atoms with Gasteiger partial charge < -0.3 is 24.1 Å². The fourth-order valence-corrected chi connectivity index (χ4v) is 7.95. The van der Waals surface area contributed by atoms with Gasteiger partial charge >= 0.3 is 30.1 Å². The van der Waals surface area contributed by atoms with Gasteiger partial charge in [0.2, 0.25) is 0 Å². The van der Waals surface area contributed by atoms with Crippen molar-refractivity contribution >= 4 is 23.9 Å². The van der Waals surface area contributed by atoms with Crippen LogP contribution >= 0.6 is 0 Å². The maximum Gasteiger partial charge on any atom is 0.417 e. The Morgan fingerprint density at radius 2 is 1.21 bits per heavy atom. The fraction of sp³-hybridized carbons (Fsp3) is 0.909. The Labute approximate surface area is 336 Å². The molecule has 9 nitrogen and oxygen atoms in total. The van der Waals surface area contributed by atoms with E-state index in [0.29, 0.717) is 31.1 Å². The van der Waals surface area contributed by atoms with E-state index in [0.717, 1.165) is 51.9 Å². The summed E-state index contributed by atoms with van der Waals surface area (Å²) in [7, 11) is 0. The summed E-state index contributed by atoms with van der Waals surface area (Å²) in [5, 5.41) is 9.68. The molecule has 5 aliphatic rings. The summed E-state index contributed by atoms with van der Waals surface area (Å²) >= 11 is 0. The molecule has 6 atom stereocenters. The number of halogens is 3. The van der Waals surface area contributed by atoms with E-state index in [2.05, 4.69) is 6.92 Å². The monoisotopic (exact) mass is 807 g/mol. The molecule has 328 valence electrons. The largest absolute Gasteiger partial charge is 0.462 e. The van der Waals surface area contributed by atoms with E-state index in [-0.39, 0.29) is 86.8 Å². The predicted molar refractivity (Wildman–Crippen MR) is 211 cm³/mol. The van der Waals surface area contributed by atoms with E-state index in [4.69, 9.17) is 18.9 Å². The molecule has 4 aliphatic carbocycles. The van der Waals surface area contributed by atoms with Gasteiger partial charge in [0.05, 0.1) is 22.2 Å². The Morgan fingerprint density at radius 3 is 1.66 bits per heavy atom. The Morgan fingerprint density at radius 1 is 0.750 bits per heavy atom. The second kappa shape index (κ2) is 19.6. The van der Waals surface area contributed by atoms with E-state index in [1.165, 1.54) is 12.8 Å². The smallest absolute Gasteiger partial charge is 0.417 e. The maximum absolute atomic E-state index is 12.8. The van der Waals surface area contributed by atoms with Gasteiger partial charge in [0.1, 0.15) is 23.9 Å². The van der Waals surface area contributed by atoms with Crippen LogP contribution in [-0.2, 0) is 38.1 Å². The van der Waals surface area contributed by atoms with Crippen LogP contribution in [0, 0.1) is 39.9 Å². The van der Waals surface area contributed by atoms with Crippen molar-refractivity contribution in [1.82, 2.24) is 0 Å². The Balaban J connectivity index is 0.000000418. The molecule has 2 bridgehead atoms. The molecule has 0 amide bonds. The van der Waals surface area contributed by atoms with Gasteiger partial charge in [0.25, 0.3) is 0 Å². The number of hydrogen-bond acceptors (Lipinski definition) is 9. The first-order valence-corrected chi connectivity index (χ1v) is 20.5. The molecule has 5 fully saturated rings. The molecule has 5 rings (SSSR count). The number of aliphatic hydroxyl groups is 1. The first-order valence-electron chi connectivity index (χ1n) is 20.5. The van der Waals surface area contributed by atoms with E-state index in [9.17, 15) is 37.5 Å². The quantitative estimate of drug-likeness (QED) is 0.160. The van der Waals surface area contributed by atoms with Crippen LogP contribution in [-0.4, -0.2) is 64.7 Å². The molecule has 6 unspecified atom stereocenters. The average molecular weight is 807 g/mol. The summed E-state index contributed by atoms with van der Waals surface area (Å²) in [6.07, 6.45) is 5.30. The highest BCUT2D eigenvalue weighted by Crippen LogP contribution is 2.55. The van der Waals surface area contributed by atoms with Crippen molar-refractivity contribution < 1.29 is 56.4 Å². The molecule has 56 heavy (non-hydrogen) atoms. The number of carbonyl (C=O) groups excluding carboxylic acids is 4. The molecule has 1 aliphatic heterocycles. The molecule has 0 radical (unpaired) electrons. The number of rotatable bonds is 11. The van der Waals surface area contributed by atoms with Gasteiger partial charge in [-0.25, -0.2) is 0 Å². The number of fused-ring (bicyclic) bond motifs is 1. The first-order chi connectivity index (χ1) is 24.8. The van der Waals surface area contributed by atoms with E-state index < -0.39 is 28.5 Å². The molecule has 0 aromatic rings. The topological polar surface area (TPSA) is 125 Å². The second-order valence-electron chi connectivity index (χ2n) is 18.6. The number of hydrogen-bond donors (Lipinski definition) is 1. The van der Waals surface area contributed by atoms with Gasteiger partial charge in [-0.15, -0.1) is 0 Å². The molecular weight excluding hydrogens is 729 g/mol. The molecule has 0 aromatic heterocycles. The first kappa shape index (κ1) is 51.6. The van der Waals surface area contributed by atoms with E-state index in [1.807, 2.05) is 48.5 Å². The lowest BCUT2D eigenvalue weighted by atomic mass is 9.76. The standard InChI is InChI=1S/C15H25F3O3.C14H20O4.C13H24O2.2CH4/c1-5-13(2,3)12(19)21-11-8-6-10(7-9-11)14(4,20)15(16,17)18;1-4-14(2,3)13(16)18-10-7-5-8-9(6-7)12(15)17-11(8)10;1-5-12(3,4)11(14)15-13(6-2)9-7-8-10-13;;/h10-11,20H,5-9H2,1-4H3;7-11H,4-6H2,1-3H3;5-10H2,1-4H3;2*1H4.